The molecular weight excluding hydrogens is 291 g/mol. The first-order valence-electron chi connectivity index (χ1n) is 4.78. The monoisotopic (exact) mass is 298 g/mol. The largest absolute Gasteiger partial charge is 0.294 e. The molecule has 5 nitrogen and oxygen atoms in total. The quantitative estimate of drug-likeness (QED) is 0.807. The van der Waals surface area contributed by atoms with E-state index in [0.29, 0.717) is 0 Å². The number of aryl methyl sites for hydroxylation is 1. The molecule has 0 fully saturated rings. The van der Waals surface area contributed by atoms with E-state index in [2.05, 4.69) is 31.3 Å². The summed E-state index contributed by atoms with van der Waals surface area (Å²) in [6.07, 6.45) is -0.0682. The van der Waals surface area contributed by atoms with Gasteiger partial charge in [-0.15, -0.1) is 10.2 Å². The number of benzene rings is 1. The number of hydrogen-bond donors (Lipinski definition) is 0. The van der Waals surface area contributed by atoms with Crippen LogP contribution >= 0.6 is 15.9 Å². The molecule has 0 aliphatic carbocycles. The number of rotatable bonds is 3. The Hall–Kier alpha value is -1.63. The molecule has 2 rings (SSSR count). The van der Waals surface area contributed by atoms with E-state index in [1.165, 1.54) is 16.9 Å². The van der Waals surface area contributed by atoms with Crippen LogP contribution < -0.4 is 0 Å². The van der Waals surface area contributed by atoms with Crippen molar-refractivity contribution in [3.8, 4) is 0 Å². The lowest BCUT2D eigenvalue weighted by Gasteiger charge is -2.01. The molecule has 0 amide bonds. The lowest BCUT2D eigenvalue weighted by atomic mass is 10.1. The average molecular weight is 299 g/mol. The van der Waals surface area contributed by atoms with E-state index in [1.807, 2.05) is 0 Å². The highest BCUT2D eigenvalue weighted by molar-refractivity contribution is 9.10. The van der Waals surface area contributed by atoms with Gasteiger partial charge in [0.15, 0.2) is 11.6 Å². The highest BCUT2D eigenvalue weighted by Crippen LogP contribution is 2.19. The van der Waals surface area contributed by atoms with Gasteiger partial charge in [0.2, 0.25) is 0 Å². The predicted octanol–water partition coefficient (Wildman–Crippen LogP) is 1.54. The van der Waals surface area contributed by atoms with Crippen molar-refractivity contribution in [1.82, 2.24) is 20.2 Å². The molecule has 0 saturated carbocycles. The zero-order valence-corrected chi connectivity index (χ0v) is 10.5. The fourth-order valence-corrected chi connectivity index (χ4v) is 1.72. The maximum atomic E-state index is 13.6. The Morgan fingerprint density at radius 2 is 2.29 bits per heavy atom. The molecule has 0 radical (unpaired) electrons. The van der Waals surface area contributed by atoms with E-state index in [4.69, 9.17) is 0 Å². The van der Waals surface area contributed by atoms with Crippen LogP contribution in [0.15, 0.2) is 22.7 Å². The molecule has 0 spiro atoms. The van der Waals surface area contributed by atoms with Gasteiger partial charge in [-0.3, -0.25) is 4.79 Å². The summed E-state index contributed by atoms with van der Waals surface area (Å²) < 4.78 is 13.9. The van der Waals surface area contributed by atoms with Crippen LogP contribution in [0.2, 0.25) is 0 Å². The van der Waals surface area contributed by atoms with Gasteiger partial charge in [-0.05, 0) is 33.3 Å². The van der Waals surface area contributed by atoms with E-state index in [1.54, 1.807) is 13.1 Å². The summed E-state index contributed by atoms with van der Waals surface area (Å²) in [7, 11) is 1.60. The summed E-state index contributed by atoms with van der Waals surface area (Å²) in [6.45, 7) is 0. The molecule has 1 heterocycles. The van der Waals surface area contributed by atoms with E-state index >= 15 is 0 Å². The van der Waals surface area contributed by atoms with Crippen LogP contribution in [-0.2, 0) is 13.5 Å². The molecule has 0 bridgehead atoms. The second kappa shape index (κ2) is 4.70. The third-order valence-corrected chi connectivity index (χ3v) is 2.73. The van der Waals surface area contributed by atoms with Crippen LogP contribution in [0.4, 0.5) is 4.39 Å². The van der Waals surface area contributed by atoms with E-state index in [9.17, 15) is 9.18 Å². The number of hydrogen-bond acceptors (Lipinski definition) is 4. The van der Waals surface area contributed by atoms with Crippen molar-refractivity contribution in [3.05, 3.63) is 39.9 Å². The van der Waals surface area contributed by atoms with Gasteiger partial charge in [0.1, 0.15) is 5.82 Å². The van der Waals surface area contributed by atoms with Gasteiger partial charge in [-0.1, -0.05) is 6.07 Å². The lowest BCUT2D eigenvalue weighted by molar-refractivity contribution is 0.0986. The SMILES string of the molecule is Cn1nnc(CC(=O)c2cccc(Br)c2F)n1. The smallest absolute Gasteiger partial charge is 0.182 e. The second-order valence-corrected chi connectivity index (χ2v) is 4.25. The Balaban J connectivity index is 2.23. The summed E-state index contributed by atoms with van der Waals surface area (Å²) in [5.41, 5.74) is 0.0202. The predicted molar refractivity (Wildman–Crippen MR) is 60.9 cm³/mol. The Bertz CT molecular complexity index is 569. The first kappa shape index (κ1) is 11.8. The topological polar surface area (TPSA) is 60.7 Å². The average Bonchev–Trinajstić information content (AvgIpc) is 2.68. The number of nitrogens with zero attached hydrogens (tertiary/aromatic N) is 4. The maximum absolute atomic E-state index is 13.6. The highest BCUT2D eigenvalue weighted by atomic mass is 79.9. The Kier molecular flexibility index (Phi) is 3.28. The minimum Gasteiger partial charge on any atom is -0.294 e. The maximum Gasteiger partial charge on any atom is 0.182 e. The highest BCUT2D eigenvalue weighted by Gasteiger charge is 2.16. The van der Waals surface area contributed by atoms with Crippen LogP contribution in [-0.4, -0.2) is 26.0 Å². The summed E-state index contributed by atoms with van der Waals surface area (Å²) >= 11 is 3.03. The van der Waals surface area contributed by atoms with E-state index < -0.39 is 5.82 Å². The van der Waals surface area contributed by atoms with Crippen molar-refractivity contribution in [2.75, 3.05) is 0 Å². The first-order chi connectivity index (χ1) is 8.08. The second-order valence-electron chi connectivity index (χ2n) is 3.40. The number of Topliss-reactive ketones (excluding diaryl/α,β-unsaturated/α-hetero) is 1. The van der Waals surface area contributed by atoms with Gasteiger partial charge < -0.3 is 0 Å². The number of carbonyl (C=O) groups excluding carboxylic acids is 1. The number of carbonyl (C=O) groups is 1. The molecule has 0 saturated heterocycles. The van der Waals surface area contributed by atoms with Gasteiger partial charge >= 0.3 is 0 Å². The van der Waals surface area contributed by atoms with Gasteiger partial charge in [0.05, 0.1) is 23.5 Å². The summed E-state index contributed by atoms with van der Waals surface area (Å²) in [5.74, 6) is -0.671. The van der Waals surface area contributed by atoms with Gasteiger partial charge in [-0.25, -0.2) is 4.39 Å². The molecule has 0 unspecified atom stereocenters. The number of halogens is 2. The fourth-order valence-electron chi connectivity index (χ4n) is 1.35. The van der Waals surface area contributed by atoms with Crippen molar-refractivity contribution in [2.45, 2.75) is 6.42 Å². The lowest BCUT2D eigenvalue weighted by Crippen LogP contribution is -2.08. The van der Waals surface area contributed by atoms with Crippen molar-refractivity contribution in [2.24, 2.45) is 7.05 Å². The summed E-state index contributed by atoms with van der Waals surface area (Å²) in [4.78, 5) is 13.1. The molecule has 1 aromatic carbocycles. The normalized spacial score (nSPS) is 10.5. The number of tetrazole rings is 1. The number of ketones is 1. The minimum atomic E-state index is -0.568. The van der Waals surface area contributed by atoms with Gasteiger partial charge in [0, 0.05) is 0 Å². The third-order valence-electron chi connectivity index (χ3n) is 2.12. The van der Waals surface area contributed by atoms with Gasteiger partial charge in [-0.2, -0.15) is 4.80 Å². The fraction of sp³-hybridized carbons (Fsp3) is 0.200. The zero-order chi connectivity index (χ0) is 12.4. The minimum absolute atomic E-state index is 0.0202. The van der Waals surface area contributed by atoms with Crippen LogP contribution in [0, 0.1) is 5.82 Å². The van der Waals surface area contributed by atoms with Gasteiger partial charge in [0.25, 0.3) is 0 Å². The molecule has 2 aromatic rings. The van der Waals surface area contributed by atoms with Crippen LogP contribution in [0.3, 0.4) is 0 Å². The van der Waals surface area contributed by atoms with Crippen molar-refractivity contribution in [3.63, 3.8) is 0 Å². The molecule has 1 aromatic heterocycles. The molecule has 0 aliphatic heterocycles. The van der Waals surface area contributed by atoms with Crippen molar-refractivity contribution < 1.29 is 9.18 Å². The van der Waals surface area contributed by atoms with Crippen LogP contribution in [0.1, 0.15) is 16.2 Å². The molecule has 0 aliphatic rings. The van der Waals surface area contributed by atoms with Crippen LogP contribution in [0.25, 0.3) is 0 Å². The Morgan fingerprint density at radius 3 is 2.94 bits per heavy atom. The first-order valence-corrected chi connectivity index (χ1v) is 5.57. The summed E-state index contributed by atoms with van der Waals surface area (Å²) in [5, 5.41) is 11.2. The van der Waals surface area contributed by atoms with Crippen LogP contribution in [0.5, 0.6) is 0 Å². The summed E-state index contributed by atoms with van der Waals surface area (Å²) in [6, 6.07) is 4.57. The molecular formula is C10H8BrFN4O. The molecule has 0 N–H and O–H groups in total. The van der Waals surface area contributed by atoms with Crippen molar-refractivity contribution in [1.29, 1.82) is 0 Å². The third kappa shape index (κ3) is 2.55. The molecule has 7 heteroatoms. The number of aromatic nitrogens is 4. The standard InChI is InChI=1S/C10H8BrFN4O/c1-16-14-9(13-15-16)5-8(17)6-3-2-4-7(11)10(6)12/h2-4H,5H2,1H3. The Labute approximate surface area is 105 Å². The molecule has 17 heavy (non-hydrogen) atoms. The molecule has 0 atom stereocenters. The van der Waals surface area contributed by atoms with E-state index in [0.717, 1.165) is 0 Å². The zero-order valence-electron chi connectivity index (χ0n) is 8.89. The molecule has 88 valence electrons. The Morgan fingerprint density at radius 1 is 1.53 bits per heavy atom. The van der Waals surface area contributed by atoms with Crippen molar-refractivity contribution >= 4 is 21.7 Å². The van der Waals surface area contributed by atoms with E-state index in [-0.39, 0.29) is 28.1 Å².